The largest absolute Gasteiger partial charge is 0.370 e. The molecule has 6 heteroatoms. The van der Waals surface area contributed by atoms with Crippen LogP contribution in [-0.4, -0.2) is 40.9 Å². The van der Waals surface area contributed by atoms with Crippen molar-refractivity contribution in [1.29, 1.82) is 0 Å². The standard InChI is InChI=1S/C18H26N6/c1-2-8-23(9-3-1)18-10-15(4-6-20-18)11-19-12-16-13-21-17-5-7-22-24(17)14-16/h4-7,10,16,19,21H,1-3,8-9,11-14H2. The van der Waals surface area contributed by atoms with Crippen LogP contribution in [0.3, 0.4) is 0 Å². The van der Waals surface area contributed by atoms with Crippen LogP contribution in [0.2, 0.25) is 0 Å². The molecule has 1 fully saturated rings. The first-order valence-electron chi connectivity index (χ1n) is 9.05. The number of hydrogen-bond donors (Lipinski definition) is 2. The number of nitrogens with one attached hydrogen (secondary N) is 2. The molecule has 0 spiro atoms. The zero-order valence-electron chi connectivity index (χ0n) is 14.1. The second-order valence-corrected chi connectivity index (χ2v) is 6.85. The van der Waals surface area contributed by atoms with Crippen LogP contribution in [-0.2, 0) is 13.1 Å². The number of piperidine rings is 1. The van der Waals surface area contributed by atoms with Crippen LogP contribution in [0.4, 0.5) is 11.6 Å². The fraction of sp³-hybridized carbons (Fsp3) is 0.556. The maximum atomic E-state index is 4.56. The average molecular weight is 326 g/mol. The van der Waals surface area contributed by atoms with Gasteiger partial charge in [0.25, 0.3) is 0 Å². The zero-order chi connectivity index (χ0) is 16.2. The number of hydrogen-bond acceptors (Lipinski definition) is 5. The van der Waals surface area contributed by atoms with Gasteiger partial charge in [0.15, 0.2) is 0 Å². The highest BCUT2D eigenvalue weighted by molar-refractivity contribution is 5.41. The van der Waals surface area contributed by atoms with Crippen molar-refractivity contribution in [2.75, 3.05) is 36.4 Å². The highest BCUT2D eigenvalue weighted by Crippen LogP contribution is 2.19. The van der Waals surface area contributed by atoms with Gasteiger partial charge in [-0.05, 0) is 37.0 Å². The highest BCUT2D eigenvalue weighted by Gasteiger charge is 2.17. The molecule has 0 bridgehead atoms. The molecular weight excluding hydrogens is 300 g/mol. The van der Waals surface area contributed by atoms with Crippen LogP contribution in [0.25, 0.3) is 0 Å². The summed E-state index contributed by atoms with van der Waals surface area (Å²) in [6.07, 6.45) is 7.73. The molecule has 1 atom stereocenters. The molecule has 0 saturated carbocycles. The van der Waals surface area contributed by atoms with Crippen molar-refractivity contribution >= 4 is 11.6 Å². The van der Waals surface area contributed by atoms with Gasteiger partial charge >= 0.3 is 0 Å². The molecule has 1 saturated heterocycles. The molecule has 2 aliphatic heterocycles. The minimum Gasteiger partial charge on any atom is -0.370 e. The van der Waals surface area contributed by atoms with Crippen molar-refractivity contribution in [2.24, 2.45) is 5.92 Å². The minimum atomic E-state index is 0.570. The van der Waals surface area contributed by atoms with E-state index >= 15 is 0 Å². The van der Waals surface area contributed by atoms with Crippen molar-refractivity contribution < 1.29 is 0 Å². The van der Waals surface area contributed by atoms with E-state index in [9.17, 15) is 0 Å². The van der Waals surface area contributed by atoms with Gasteiger partial charge in [0.1, 0.15) is 11.6 Å². The van der Waals surface area contributed by atoms with Gasteiger partial charge in [-0.15, -0.1) is 0 Å². The molecule has 0 aliphatic carbocycles. The third-order valence-corrected chi connectivity index (χ3v) is 4.97. The molecule has 2 aromatic heterocycles. The van der Waals surface area contributed by atoms with Crippen LogP contribution in [0.1, 0.15) is 24.8 Å². The lowest BCUT2D eigenvalue weighted by Gasteiger charge is -2.28. The van der Waals surface area contributed by atoms with Gasteiger partial charge < -0.3 is 15.5 Å². The van der Waals surface area contributed by atoms with E-state index < -0.39 is 0 Å². The first-order chi connectivity index (χ1) is 11.9. The van der Waals surface area contributed by atoms with Crippen LogP contribution in [0, 0.1) is 5.92 Å². The lowest BCUT2D eigenvalue weighted by Crippen LogP contribution is -2.35. The molecule has 1 unspecified atom stereocenters. The second kappa shape index (κ2) is 7.21. The van der Waals surface area contributed by atoms with Gasteiger partial charge in [0.2, 0.25) is 0 Å². The molecule has 128 valence electrons. The molecule has 0 aromatic carbocycles. The Hall–Kier alpha value is -2.08. The van der Waals surface area contributed by atoms with Crippen molar-refractivity contribution in [2.45, 2.75) is 32.4 Å². The molecule has 24 heavy (non-hydrogen) atoms. The summed E-state index contributed by atoms with van der Waals surface area (Å²) in [5, 5.41) is 11.4. The Bertz CT molecular complexity index is 661. The van der Waals surface area contributed by atoms with E-state index in [0.717, 1.165) is 50.9 Å². The SMILES string of the molecule is c1cc(CNCC2CNc3ccnn3C2)cc(N2CCCCC2)n1. The summed E-state index contributed by atoms with van der Waals surface area (Å²) < 4.78 is 2.05. The number of aromatic nitrogens is 3. The fourth-order valence-electron chi connectivity index (χ4n) is 3.61. The Morgan fingerprint density at radius 1 is 1.17 bits per heavy atom. The summed E-state index contributed by atoms with van der Waals surface area (Å²) in [7, 11) is 0. The highest BCUT2D eigenvalue weighted by atomic mass is 15.3. The average Bonchev–Trinajstić information content (AvgIpc) is 3.11. The quantitative estimate of drug-likeness (QED) is 0.881. The molecule has 4 rings (SSSR count). The summed E-state index contributed by atoms with van der Waals surface area (Å²) in [5.41, 5.74) is 1.31. The zero-order valence-corrected chi connectivity index (χ0v) is 14.1. The lowest BCUT2D eigenvalue weighted by atomic mass is 10.1. The van der Waals surface area contributed by atoms with E-state index in [1.807, 2.05) is 18.5 Å². The molecule has 2 aromatic rings. The summed E-state index contributed by atoms with van der Waals surface area (Å²) in [6, 6.07) is 6.39. The second-order valence-electron chi connectivity index (χ2n) is 6.85. The summed E-state index contributed by atoms with van der Waals surface area (Å²) in [4.78, 5) is 6.97. The van der Waals surface area contributed by atoms with E-state index in [1.165, 1.54) is 24.8 Å². The first-order valence-corrected chi connectivity index (χ1v) is 9.05. The van der Waals surface area contributed by atoms with E-state index in [-0.39, 0.29) is 0 Å². The molecule has 0 amide bonds. The van der Waals surface area contributed by atoms with Crippen LogP contribution >= 0.6 is 0 Å². The number of rotatable bonds is 5. The van der Waals surface area contributed by atoms with Crippen LogP contribution < -0.4 is 15.5 Å². The van der Waals surface area contributed by atoms with E-state index in [1.54, 1.807) is 0 Å². The van der Waals surface area contributed by atoms with Gasteiger partial charge in [-0.3, -0.25) is 0 Å². The monoisotopic (exact) mass is 326 g/mol. The Kier molecular flexibility index (Phi) is 4.64. The summed E-state index contributed by atoms with van der Waals surface area (Å²) in [5.74, 6) is 2.84. The number of pyridine rings is 1. The Labute approximate surface area is 143 Å². The van der Waals surface area contributed by atoms with E-state index in [4.69, 9.17) is 0 Å². The Balaban J connectivity index is 1.28. The molecular formula is C18H26N6. The van der Waals surface area contributed by atoms with Gasteiger partial charge in [0, 0.05) is 57.4 Å². The van der Waals surface area contributed by atoms with Crippen molar-refractivity contribution in [3.8, 4) is 0 Å². The molecule has 2 N–H and O–H groups in total. The molecule has 4 heterocycles. The Morgan fingerprint density at radius 2 is 2.08 bits per heavy atom. The summed E-state index contributed by atoms with van der Waals surface area (Å²) >= 11 is 0. The lowest BCUT2D eigenvalue weighted by molar-refractivity contribution is 0.391. The van der Waals surface area contributed by atoms with E-state index in [0.29, 0.717) is 5.92 Å². The van der Waals surface area contributed by atoms with Gasteiger partial charge in [-0.2, -0.15) is 5.10 Å². The number of nitrogens with zero attached hydrogens (tertiary/aromatic N) is 4. The third-order valence-electron chi connectivity index (χ3n) is 4.97. The van der Waals surface area contributed by atoms with Gasteiger partial charge in [-0.25, -0.2) is 9.67 Å². The van der Waals surface area contributed by atoms with E-state index in [2.05, 4.69) is 42.4 Å². The molecule has 2 aliphatic rings. The predicted molar refractivity (Wildman–Crippen MR) is 96.2 cm³/mol. The number of anilines is 2. The summed E-state index contributed by atoms with van der Waals surface area (Å²) in [6.45, 7) is 6.17. The van der Waals surface area contributed by atoms with Gasteiger partial charge in [-0.1, -0.05) is 0 Å². The van der Waals surface area contributed by atoms with Crippen LogP contribution in [0.5, 0.6) is 0 Å². The van der Waals surface area contributed by atoms with Crippen LogP contribution in [0.15, 0.2) is 30.6 Å². The number of fused-ring (bicyclic) bond motifs is 1. The maximum Gasteiger partial charge on any atom is 0.128 e. The van der Waals surface area contributed by atoms with Crippen molar-refractivity contribution in [3.63, 3.8) is 0 Å². The van der Waals surface area contributed by atoms with Crippen molar-refractivity contribution in [1.82, 2.24) is 20.1 Å². The predicted octanol–water partition coefficient (Wildman–Crippen LogP) is 2.10. The molecule has 6 nitrogen and oxygen atoms in total. The third kappa shape index (κ3) is 3.53. The fourth-order valence-corrected chi connectivity index (χ4v) is 3.61. The Morgan fingerprint density at radius 3 is 3.00 bits per heavy atom. The van der Waals surface area contributed by atoms with Crippen molar-refractivity contribution in [3.05, 3.63) is 36.2 Å². The smallest absolute Gasteiger partial charge is 0.128 e. The first kappa shape index (κ1) is 15.4. The maximum absolute atomic E-state index is 4.56. The normalized spacial score (nSPS) is 20.5. The topological polar surface area (TPSA) is 58.0 Å². The van der Waals surface area contributed by atoms with Gasteiger partial charge in [0.05, 0.1) is 6.20 Å². The minimum absolute atomic E-state index is 0.570. The molecule has 0 radical (unpaired) electrons.